The van der Waals surface area contributed by atoms with Crippen LogP contribution in [0.3, 0.4) is 0 Å². The van der Waals surface area contributed by atoms with Gasteiger partial charge in [0, 0.05) is 18.6 Å². The summed E-state index contributed by atoms with van der Waals surface area (Å²) in [4.78, 5) is 8.71. The molecule has 18 heavy (non-hydrogen) atoms. The van der Waals surface area contributed by atoms with Crippen molar-refractivity contribution in [2.75, 3.05) is 0 Å². The molecule has 0 aliphatic carbocycles. The van der Waals surface area contributed by atoms with Crippen molar-refractivity contribution in [3.63, 3.8) is 0 Å². The Morgan fingerprint density at radius 2 is 2.17 bits per heavy atom. The molecule has 0 N–H and O–H groups in total. The number of rotatable bonds is 4. The van der Waals surface area contributed by atoms with Crippen LogP contribution in [0.5, 0.6) is 0 Å². The molecule has 3 aromatic rings. The van der Waals surface area contributed by atoms with Gasteiger partial charge in [-0.2, -0.15) is 0 Å². The highest BCUT2D eigenvalue weighted by Crippen LogP contribution is 2.10. The van der Waals surface area contributed by atoms with Gasteiger partial charge in [-0.25, -0.2) is 9.97 Å². The molecule has 3 heterocycles. The highest BCUT2D eigenvalue weighted by molar-refractivity contribution is 5.69. The van der Waals surface area contributed by atoms with Crippen LogP contribution in [-0.4, -0.2) is 19.1 Å². The van der Waals surface area contributed by atoms with E-state index in [9.17, 15) is 0 Å². The molecule has 0 bridgehead atoms. The second kappa shape index (κ2) is 4.64. The van der Waals surface area contributed by atoms with Gasteiger partial charge in [-0.15, -0.1) is 0 Å². The van der Waals surface area contributed by atoms with Crippen molar-refractivity contribution in [1.82, 2.24) is 19.1 Å². The Labute approximate surface area is 106 Å². The molecule has 3 aromatic heterocycles. The lowest BCUT2D eigenvalue weighted by Gasteiger charge is -2.04. The summed E-state index contributed by atoms with van der Waals surface area (Å²) in [5.41, 5.74) is 3.26. The maximum absolute atomic E-state index is 4.37. The molecule has 0 amide bonds. The lowest BCUT2D eigenvalue weighted by atomic mass is 10.2. The van der Waals surface area contributed by atoms with Gasteiger partial charge in [0.1, 0.15) is 12.2 Å². The summed E-state index contributed by atoms with van der Waals surface area (Å²) >= 11 is 0. The topological polar surface area (TPSA) is 35.6 Å². The largest absolute Gasteiger partial charge is 0.336 e. The second-order valence-electron chi connectivity index (χ2n) is 4.49. The van der Waals surface area contributed by atoms with E-state index in [0.717, 1.165) is 24.3 Å². The second-order valence-corrected chi connectivity index (χ2v) is 4.49. The summed E-state index contributed by atoms with van der Waals surface area (Å²) in [5, 5.41) is 0. The lowest BCUT2D eigenvalue weighted by molar-refractivity contribution is 0.619. The fraction of sp³-hybridized carbons (Fsp3) is 0.286. The van der Waals surface area contributed by atoms with Gasteiger partial charge in [0.2, 0.25) is 0 Å². The highest BCUT2D eigenvalue weighted by Gasteiger charge is 2.03. The SMILES string of the molecule is CCCc1ccn(Cn2cnc3cccnc32)c1. The van der Waals surface area contributed by atoms with Gasteiger partial charge in [0.15, 0.2) is 5.65 Å². The zero-order valence-corrected chi connectivity index (χ0v) is 10.5. The van der Waals surface area contributed by atoms with Crippen LogP contribution < -0.4 is 0 Å². The normalized spacial score (nSPS) is 11.2. The van der Waals surface area contributed by atoms with Crippen molar-refractivity contribution in [1.29, 1.82) is 0 Å². The van der Waals surface area contributed by atoms with Crippen LogP contribution >= 0.6 is 0 Å². The third-order valence-electron chi connectivity index (χ3n) is 3.04. The van der Waals surface area contributed by atoms with Gasteiger partial charge in [-0.1, -0.05) is 13.3 Å². The van der Waals surface area contributed by atoms with E-state index < -0.39 is 0 Å². The minimum Gasteiger partial charge on any atom is -0.336 e. The summed E-state index contributed by atoms with van der Waals surface area (Å²) < 4.78 is 4.23. The van der Waals surface area contributed by atoms with Crippen LogP contribution in [0, 0.1) is 0 Å². The maximum Gasteiger partial charge on any atom is 0.161 e. The summed E-state index contributed by atoms with van der Waals surface area (Å²) in [5.74, 6) is 0. The minimum atomic E-state index is 0.761. The highest BCUT2D eigenvalue weighted by atomic mass is 15.2. The van der Waals surface area contributed by atoms with Crippen molar-refractivity contribution in [2.45, 2.75) is 26.4 Å². The van der Waals surface area contributed by atoms with Gasteiger partial charge in [0.25, 0.3) is 0 Å². The van der Waals surface area contributed by atoms with Gasteiger partial charge < -0.3 is 4.57 Å². The summed E-state index contributed by atoms with van der Waals surface area (Å²) in [6, 6.07) is 6.07. The van der Waals surface area contributed by atoms with Crippen molar-refractivity contribution in [2.24, 2.45) is 0 Å². The van der Waals surface area contributed by atoms with E-state index in [1.165, 1.54) is 12.0 Å². The number of nitrogens with zero attached hydrogens (tertiary/aromatic N) is 4. The fourth-order valence-electron chi connectivity index (χ4n) is 2.19. The third-order valence-corrected chi connectivity index (χ3v) is 3.04. The molecule has 4 heteroatoms. The van der Waals surface area contributed by atoms with Crippen LogP contribution in [0.1, 0.15) is 18.9 Å². The first-order chi connectivity index (χ1) is 8.86. The minimum absolute atomic E-state index is 0.761. The summed E-state index contributed by atoms with van der Waals surface area (Å²) in [6.07, 6.45) is 10.3. The number of hydrogen-bond acceptors (Lipinski definition) is 2. The Morgan fingerprint density at radius 3 is 3.06 bits per heavy atom. The van der Waals surface area contributed by atoms with Crippen LogP contribution in [0.15, 0.2) is 43.1 Å². The van der Waals surface area contributed by atoms with Crippen LogP contribution in [0.4, 0.5) is 0 Å². The summed E-state index contributed by atoms with van der Waals surface area (Å²) in [6.45, 7) is 2.96. The average molecular weight is 240 g/mol. The van der Waals surface area contributed by atoms with Gasteiger partial charge in [0.05, 0.1) is 6.33 Å². The van der Waals surface area contributed by atoms with E-state index in [1.807, 2.05) is 18.5 Å². The van der Waals surface area contributed by atoms with Crippen molar-refractivity contribution in [3.8, 4) is 0 Å². The molecule has 0 spiro atoms. The molecular weight excluding hydrogens is 224 g/mol. The van der Waals surface area contributed by atoms with E-state index in [2.05, 4.69) is 44.5 Å². The molecule has 0 aliphatic heterocycles. The smallest absolute Gasteiger partial charge is 0.161 e. The molecule has 0 saturated heterocycles. The quantitative estimate of drug-likeness (QED) is 0.703. The third kappa shape index (κ3) is 2.01. The first-order valence-electron chi connectivity index (χ1n) is 6.27. The van der Waals surface area contributed by atoms with Crippen molar-refractivity contribution >= 4 is 11.2 Å². The Morgan fingerprint density at radius 1 is 1.22 bits per heavy atom. The lowest BCUT2D eigenvalue weighted by Crippen LogP contribution is -2.05. The van der Waals surface area contributed by atoms with E-state index in [1.54, 1.807) is 6.20 Å². The first-order valence-corrected chi connectivity index (χ1v) is 6.27. The maximum atomic E-state index is 4.37. The summed E-state index contributed by atoms with van der Waals surface area (Å²) in [7, 11) is 0. The number of aromatic nitrogens is 4. The molecule has 3 rings (SSSR count). The Hall–Kier alpha value is -2.10. The van der Waals surface area contributed by atoms with Crippen LogP contribution in [-0.2, 0) is 13.1 Å². The van der Waals surface area contributed by atoms with Gasteiger partial charge in [-0.3, -0.25) is 4.57 Å². The van der Waals surface area contributed by atoms with E-state index >= 15 is 0 Å². The van der Waals surface area contributed by atoms with Crippen molar-refractivity contribution in [3.05, 3.63) is 48.7 Å². The molecular formula is C14H16N4. The molecule has 0 aliphatic rings. The van der Waals surface area contributed by atoms with E-state index in [0.29, 0.717) is 0 Å². The molecule has 0 atom stereocenters. The number of imidazole rings is 1. The molecule has 4 nitrogen and oxygen atoms in total. The average Bonchev–Trinajstić information content (AvgIpc) is 2.99. The predicted octanol–water partition coefficient (Wildman–Crippen LogP) is 2.69. The molecule has 0 saturated carbocycles. The van der Waals surface area contributed by atoms with Gasteiger partial charge in [-0.05, 0) is 30.2 Å². The molecule has 0 radical (unpaired) electrons. The van der Waals surface area contributed by atoms with E-state index in [-0.39, 0.29) is 0 Å². The first kappa shape index (κ1) is 11.0. The zero-order valence-electron chi connectivity index (χ0n) is 10.5. The number of aryl methyl sites for hydroxylation is 1. The molecule has 92 valence electrons. The number of fused-ring (bicyclic) bond motifs is 1. The van der Waals surface area contributed by atoms with E-state index in [4.69, 9.17) is 0 Å². The predicted molar refractivity (Wildman–Crippen MR) is 71.4 cm³/mol. The van der Waals surface area contributed by atoms with Crippen molar-refractivity contribution < 1.29 is 0 Å². The number of pyridine rings is 1. The monoisotopic (exact) mass is 240 g/mol. The van der Waals surface area contributed by atoms with Crippen LogP contribution in [0.2, 0.25) is 0 Å². The Bertz CT molecular complexity index is 650. The zero-order chi connectivity index (χ0) is 12.4. The molecule has 0 aromatic carbocycles. The standard InChI is InChI=1S/C14H16N4/c1-2-4-12-6-8-17(9-12)11-18-10-16-13-5-3-7-15-14(13)18/h3,5-10H,2,4,11H2,1H3. The molecule has 0 fully saturated rings. The Balaban J connectivity index is 1.87. The fourth-order valence-corrected chi connectivity index (χ4v) is 2.19. The van der Waals surface area contributed by atoms with Gasteiger partial charge >= 0.3 is 0 Å². The van der Waals surface area contributed by atoms with Crippen LogP contribution in [0.25, 0.3) is 11.2 Å². The molecule has 0 unspecified atom stereocenters. The number of hydrogen-bond donors (Lipinski definition) is 0. The Kier molecular flexibility index (Phi) is 2.84.